The first kappa shape index (κ1) is 18.7. The van der Waals surface area contributed by atoms with E-state index in [-0.39, 0.29) is 0 Å². The molecule has 0 spiro atoms. The summed E-state index contributed by atoms with van der Waals surface area (Å²) in [7, 11) is 0. The summed E-state index contributed by atoms with van der Waals surface area (Å²) in [4.78, 5) is 2.52. The Morgan fingerprint density at radius 1 is 0.964 bits per heavy atom. The van der Waals surface area contributed by atoms with Crippen molar-refractivity contribution in [3.63, 3.8) is 0 Å². The maximum absolute atomic E-state index is 2.52. The molecule has 1 aromatic heterocycles. The Morgan fingerprint density at radius 2 is 1.75 bits per heavy atom. The second-order valence-electron chi connectivity index (χ2n) is 8.52. The van der Waals surface area contributed by atoms with Gasteiger partial charge < -0.3 is 4.90 Å². The number of allylic oxidation sites excluding steroid dienone is 1. The van der Waals surface area contributed by atoms with Gasteiger partial charge in [-0.3, -0.25) is 0 Å². The topological polar surface area (TPSA) is 7.12 Å². The van der Waals surface area contributed by atoms with Gasteiger partial charge >= 0.3 is 0 Å². The van der Waals surface area contributed by atoms with Crippen molar-refractivity contribution in [2.24, 2.45) is 0 Å². The summed E-state index contributed by atoms with van der Waals surface area (Å²) in [6.45, 7) is 11.2. The number of hydrogen-bond donors (Lipinski definition) is 0. The molecule has 3 aromatic rings. The van der Waals surface area contributed by atoms with E-state index in [0.717, 1.165) is 12.8 Å². The van der Waals surface area contributed by atoms with Gasteiger partial charge in [0.2, 0.25) is 5.52 Å². The molecule has 2 nitrogen and oxygen atoms in total. The Labute approximate surface area is 169 Å². The minimum absolute atomic E-state index is 0.434. The molecule has 0 N–H and O–H groups in total. The van der Waals surface area contributed by atoms with Crippen molar-refractivity contribution < 1.29 is 4.57 Å². The first-order valence-corrected chi connectivity index (χ1v) is 10.5. The third-order valence-electron chi connectivity index (χ3n) is 5.76. The van der Waals surface area contributed by atoms with Gasteiger partial charge in [0, 0.05) is 29.6 Å². The maximum atomic E-state index is 2.52. The van der Waals surface area contributed by atoms with Crippen LogP contribution < -0.4 is 9.47 Å². The van der Waals surface area contributed by atoms with Gasteiger partial charge in [0.05, 0.1) is 5.39 Å². The molecule has 2 heteroatoms. The largest absolute Gasteiger partial charge is 0.342 e. The standard InChI is InChI=1S/C26H31N2/c1-18(2)27-15-14-21(24-8-6-7-9-26(24)27)17-23-12-11-22-16-20(5)10-13-25(22)28(23)19(3)4/h6-10,13-19H,11-12H2,1-5H3/q+1. The molecule has 2 aromatic carbocycles. The van der Waals surface area contributed by atoms with Crippen LogP contribution in [0.5, 0.6) is 0 Å². The summed E-state index contributed by atoms with van der Waals surface area (Å²) in [6, 6.07) is 18.8. The molecule has 1 aliphatic heterocycles. The Hall–Kier alpha value is -2.61. The zero-order valence-electron chi connectivity index (χ0n) is 17.7. The average molecular weight is 372 g/mol. The first-order chi connectivity index (χ1) is 13.5. The minimum atomic E-state index is 0.434. The van der Waals surface area contributed by atoms with E-state index in [0.29, 0.717) is 12.1 Å². The lowest BCUT2D eigenvalue weighted by atomic mass is 9.94. The van der Waals surface area contributed by atoms with E-state index in [1.165, 1.54) is 39.0 Å². The summed E-state index contributed by atoms with van der Waals surface area (Å²) in [5.74, 6) is 0. The fraction of sp³-hybridized carbons (Fsp3) is 0.346. The van der Waals surface area contributed by atoms with Crippen LogP contribution in [0.25, 0.3) is 17.0 Å². The van der Waals surface area contributed by atoms with Crippen LogP contribution in [0.15, 0.2) is 60.4 Å². The van der Waals surface area contributed by atoms with E-state index in [2.05, 4.69) is 105 Å². The molecular formula is C26H31N2+. The van der Waals surface area contributed by atoms with Crippen molar-refractivity contribution in [3.8, 4) is 0 Å². The minimum Gasteiger partial charge on any atom is -0.342 e. The van der Waals surface area contributed by atoms with Crippen LogP contribution in [-0.4, -0.2) is 6.04 Å². The number of pyridine rings is 1. The lowest BCUT2D eigenvalue weighted by Gasteiger charge is -2.37. The van der Waals surface area contributed by atoms with E-state index in [4.69, 9.17) is 0 Å². The third kappa shape index (κ3) is 3.32. The molecule has 4 rings (SSSR count). The van der Waals surface area contributed by atoms with Crippen LogP contribution in [0.4, 0.5) is 5.69 Å². The maximum Gasteiger partial charge on any atom is 0.213 e. The van der Waals surface area contributed by atoms with Gasteiger partial charge in [0.1, 0.15) is 0 Å². The highest BCUT2D eigenvalue weighted by Gasteiger charge is 2.24. The fourth-order valence-corrected chi connectivity index (χ4v) is 4.47. The van der Waals surface area contributed by atoms with Crippen molar-refractivity contribution >= 4 is 22.7 Å². The normalized spacial score (nSPS) is 15.7. The predicted octanol–water partition coefficient (Wildman–Crippen LogP) is 6.22. The van der Waals surface area contributed by atoms with Gasteiger partial charge in [-0.25, -0.2) is 0 Å². The molecule has 0 saturated carbocycles. The number of hydrogen-bond acceptors (Lipinski definition) is 1. The molecule has 0 radical (unpaired) electrons. The highest BCUT2D eigenvalue weighted by atomic mass is 15.2. The van der Waals surface area contributed by atoms with Gasteiger partial charge in [-0.2, -0.15) is 4.57 Å². The number of nitrogens with zero attached hydrogens (tertiary/aromatic N) is 2. The molecule has 0 bridgehead atoms. The molecule has 0 fully saturated rings. The Morgan fingerprint density at radius 3 is 2.50 bits per heavy atom. The van der Waals surface area contributed by atoms with Crippen LogP contribution in [0.2, 0.25) is 0 Å². The summed E-state index contributed by atoms with van der Waals surface area (Å²) < 4.78 is 2.36. The van der Waals surface area contributed by atoms with Crippen molar-refractivity contribution in [1.29, 1.82) is 0 Å². The number of aromatic nitrogens is 1. The summed E-state index contributed by atoms with van der Waals surface area (Å²) >= 11 is 0. The molecule has 1 aliphatic rings. The quantitative estimate of drug-likeness (QED) is 0.496. The van der Waals surface area contributed by atoms with Crippen LogP contribution >= 0.6 is 0 Å². The average Bonchev–Trinajstić information content (AvgIpc) is 2.67. The van der Waals surface area contributed by atoms with Crippen LogP contribution in [-0.2, 0) is 6.42 Å². The van der Waals surface area contributed by atoms with E-state index in [1.807, 2.05) is 0 Å². The SMILES string of the molecule is Cc1ccc2c(c1)CC/C(=C/c1cc[n+](C(C)C)c3ccccc13)N2C(C)C. The second-order valence-corrected chi connectivity index (χ2v) is 8.52. The summed E-state index contributed by atoms with van der Waals surface area (Å²) in [5.41, 5.74) is 8.22. The lowest BCUT2D eigenvalue weighted by Crippen LogP contribution is -2.36. The van der Waals surface area contributed by atoms with Gasteiger partial charge in [0.15, 0.2) is 12.2 Å². The molecule has 0 amide bonds. The zero-order valence-corrected chi connectivity index (χ0v) is 17.7. The first-order valence-electron chi connectivity index (χ1n) is 10.5. The van der Waals surface area contributed by atoms with E-state index in [9.17, 15) is 0 Å². The molecule has 28 heavy (non-hydrogen) atoms. The van der Waals surface area contributed by atoms with Crippen molar-refractivity contribution in [2.75, 3.05) is 4.90 Å². The van der Waals surface area contributed by atoms with Gasteiger partial charge in [-0.05, 0) is 76.8 Å². The van der Waals surface area contributed by atoms with Gasteiger partial charge in [-0.15, -0.1) is 0 Å². The van der Waals surface area contributed by atoms with Gasteiger partial charge in [0.25, 0.3) is 0 Å². The van der Waals surface area contributed by atoms with E-state index >= 15 is 0 Å². The Balaban J connectivity index is 1.85. The molecular weight excluding hydrogens is 340 g/mol. The fourth-order valence-electron chi connectivity index (χ4n) is 4.47. The highest BCUT2D eigenvalue weighted by molar-refractivity contribution is 5.86. The molecule has 0 aliphatic carbocycles. The van der Waals surface area contributed by atoms with Crippen LogP contribution in [0.3, 0.4) is 0 Å². The number of benzene rings is 2. The van der Waals surface area contributed by atoms with E-state index in [1.54, 1.807) is 0 Å². The Bertz CT molecular complexity index is 1040. The van der Waals surface area contributed by atoms with Crippen molar-refractivity contribution in [3.05, 3.63) is 77.1 Å². The Kier molecular flexibility index (Phi) is 4.97. The molecule has 144 valence electrons. The molecule has 0 unspecified atom stereocenters. The van der Waals surface area contributed by atoms with Gasteiger partial charge in [-0.1, -0.05) is 29.8 Å². The zero-order chi connectivity index (χ0) is 19.8. The summed E-state index contributed by atoms with van der Waals surface area (Å²) in [6.07, 6.45) is 6.85. The van der Waals surface area contributed by atoms with Crippen molar-refractivity contribution in [1.82, 2.24) is 0 Å². The van der Waals surface area contributed by atoms with Crippen molar-refractivity contribution in [2.45, 2.75) is 59.5 Å². The monoisotopic (exact) mass is 371 g/mol. The second kappa shape index (κ2) is 7.43. The van der Waals surface area contributed by atoms with E-state index < -0.39 is 0 Å². The van der Waals surface area contributed by atoms with Crippen LogP contribution in [0, 0.1) is 6.92 Å². The number of anilines is 1. The highest BCUT2D eigenvalue weighted by Crippen LogP contribution is 2.36. The third-order valence-corrected chi connectivity index (χ3v) is 5.76. The molecule has 0 saturated heterocycles. The van der Waals surface area contributed by atoms with Crippen LogP contribution in [0.1, 0.15) is 56.8 Å². The number of aryl methyl sites for hydroxylation is 2. The molecule has 0 atom stereocenters. The number of fused-ring (bicyclic) bond motifs is 2. The number of para-hydroxylation sites is 1. The lowest BCUT2D eigenvalue weighted by molar-refractivity contribution is -0.691. The smallest absolute Gasteiger partial charge is 0.213 e. The predicted molar refractivity (Wildman–Crippen MR) is 120 cm³/mol. The number of rotatable bonds is 3. The molecule has 2 heterocycles. The summed E-state index contributed by atoms with van der Waals surface area (Å²) in [5, 5.41) is 1.32.